The zero-order chi connectivity index (χ0) is 17.2. The molecule has 0 spiro atoms. The van der Waals surface area contributed by atoms with Gasteiger partial charge in [0.05, 0.1) is 18.6 Å². The number of ether oxygens (including phenoxy) is 1. The molecular weight excluding hydrogens is 316 g/mol. The van der Waals surface area contributed by atoms with Gasteiger partial charge in [-0.15, -0.1) is 0 Å². The Kier molecular flexibility index (Phi) is 3.93. The molecule has 6 heteroatoms. The van der Waals surface area contributed by atoms with Crippen molar-refractivity contribution in [2.24, 2.45) is 0 Å². The molecule has 126 valence electrons. The number of aromatic nitrogens is 2. The Morgan fingerprint density at radius 2 is 1.92 bits per heavy atom. The van der Waals surface area contributed by atoms with E-state index in [-0.39, 0.29) is 12.0 Å². The van der Waals surface area contributed by atoms with Crippen LogP contribution in [-0.2, 0) is 4.79 Å². The lowest BCUT2D eigenvalue weighted by molar-refractivity contribution is -0.137. The zero-order valence-corrected chi connectivity index (χ0v) is 13.8. The van der Waals surface area contributed by atoms with E-state index >= 15 is 0 Å². The number of para-hydroxylation sites is 1. The fraction of sp³-hybridized carbons (Fsp3) is 0.211. The van der Waals surface area contributed by atoms with Crippen LogP contribution in [-0.4, -0.2) is 40.0 Å². The van der Waals surface area contributed by atoms with Gasteiger partial charge in [-0.05, 0) is 30.3 Å². The summed E-state index contributed by atoms with van der Waals surface area (Å²) in [5.41, 5.74) is 1.79. The molecule has 25 heavy (non-hydrogen) atoms. The number of fused-ring (bicyclic) bond motifs is 1. The van der Waals surface area contributed by atoms with Gasteiger partial charge < -0.3 is 15.0 Å². The molecule has 0 unspecified atom stereocenters. The summed E-state index contributed by atoms with van der Waals surface area (Å²) >= 11 is 0. The van der Waals surface area contributed by atoms with Crippen LogP contribution in [0.4, 0.5) is 11.6 Å². The maximum Gasteiger partial charge on any atom is 0.227 e. The molecule has 1 aliphatic heterocycles. The first-order valence-corrected chi connectivity index (χ1v) is 8.18. The van der Waals surface area contributed by atoms with Gasteiger partial charge in [0.2, 0.25) is 11.9 Å². The van der Waals surface area contributed by atoms with E-state index in [9.17, 15) is 4.79 Å². The Morgan fingerprint density at radius 1 is 1.16 bits per heavy atom. The van der Waals surface area contributed by atoms with Crippen LogP contribution < -0.4 is 10.1 Å². The molecule has 0 radical (unpaired) electrons. The van der Waals surface area contributed by atoms with E-state index in [1.54, 1.807) is 18.0 Å². The van der Waals surface area contributed by atoms with Crippen LogP contribution in [0.15, 0.2) is 54.7 Å². The van der Waals surface area contributed by atoms with Crippen molar-refractivity contribution < 1.29 is 9.53 Å². The number of likely N-dealkylation sites (tertiary alicyclic amines) is 1. The second kappa shape index (κ2) is 6.39. The molecule has 1 aliphatic rings. The number of benzene rings is 2. The van der Waals surface area contributed by atoms with Gasteiger partial charge >= 0.3 is 0 Å². The molecule has 6 nitrogen and oxygen atoms in total. The maximum absolute atomic E-state index is 11.2. The molecule has 4 rings (SSSR count). The summed E-state index contributed by atoms with van der Waals surface area (Å²) in [5, 5.41) is 4.21. The quantitative estimate of drug-likeness (QED) is 0.794. The topological polar surface area (TPSA) is 67.3 Å². The fourth-order valence-electron chi connectivity index (χ4n) is 2.74. The number of carbonyl (C=O) groups excluding carboxylic acids is 1. The minimum atomic E-state index is 0.0755. The first-order valence-electron chi connectivity index (χ1n) is 8.18. The average molecular weight is 334 g/mol. The number of anilines is 2. The number of nitrogens with one attached hydrogen (secondary N) is 1. The smallest absolute Gasteiger partial charge is 0.227 e. The van der Waals surface area contributed by atoms with Gasteiger partial charge in [0.25, 0.3) is 0 Å². The molecule has 1 saturated heterocycles. The highest BCUT2D eigenvalue weighted by Crippen LogP contribution is 2.22. The van der Waals surface area contributed by atoms with Crippen molar-refractivity contribution in [1.82, 2.24) is 14.9 Å². The Morgan fingerprint density at radius 3 is 2.68 bits per heavy atom. The van der Waals surface area contributed by atoms with E-state index in [1.165, 1.54) is 0 Å². The second-order valence-corrected chi connectivity index (χ2v) is 6.07. The standard InChI is InChI=1S/C19H18N4O2/c1-13(24)23-11-17(12-23)25-16-8-6-15(7-9-16)21-19-20-10-14-4-2-3-5-18(14)22-19/h2-10,17H,11-12H2,1H3,(H,20,21,22). The van der Waals surface area contributed by atoms with E-state index in [0.717, 1.165) is 22.3 Å². The Balaban J connectivity index is 1.39. The third kappa shape index (κ3) is 3.38. The predicted octanol–water partition coefficient (Wildman–Crippen LogP) is 2.98. The van der Waals surface area contributed by atoms with E-state index in [4.69, 9.17) is 4.74 Å². The Hall–Kier alpha value is -3.15. The first kappa shape index (κ1) is 15.4. The third-order valence-electron chi connectivity index (χ3n) is 4.20. The number of amides is 1. The zero-order valence-electron chi connectivity index (χ0n) is 13.8. The largest absolute Gasteiger partial charge is 0.487 e. The highest BCUT2D eigenvalue weighted by Gasteiger charge is 2.30. The van der Waals surface area contributed by atoms with Gasteiger partial charge in [-0.2, -0.15) is 0 Å². The molecule has 2 heterocycles. The van der Waals surface area contributed by atoms with Crippen LogP contribution in [0.3, 0.4) is 0 Å². The number of hydrogen-bond acceptors (Lipinski definition) is 5. The van der Waals surface area contributed by atoms with Crippen LogP contribution in [0.1, 0.15) is 6.92 Å². The fourth-order valence-corrected chi connectivity index (χ4v) is 2.74. The van der Waals surface area contributed by atoms with E-state index in [0.29, 0.717) is 19.0 Å². The van der Waals surface area contributed by atoms with Crippen molar-refractivity contribution in [2.45, 2.75) is 13.0 Å². The van der Waals surface area contributed by atoms with Crippen LogP contribution in [0.25, 0.3) is 10.9 Å². The van der Waals surface area contributed by atoms with Crippen LogP contribution in [0.2, 0.25) is 0 Å². The lowest BCUT2D eigenvalue weighted by Crippen LogP contribution is -2.55. The van der Waals surface area contributed by atoms with Crippen LogP contribution in [0, 0.1) is 0 Å². The van der Waals surface area contributed by atoms with E-state index < -0.39 is 0 Å². The van der Waals surface area contributed by atoms with Crippen molar-refractivity contribution in [2.75, 3.05) is 18.4 Å². The monoisotopic (exact) mass is 334 g/mol. The molecule has 0 atom stereocenters. The van der Waals surface area contributed by atoms with Crippen molar-refractivity contribution in [3.8, 4) is 5.75 Å². The van der Waals surface area contributed by atoms with Crippen molar-refractivity contribution >= 4 is 28.4 Å². The Bertz CT molecular complexity index is 905. The van der Waals surface area contributed by atoms with Crippen molar-refractivity contribution in [3.63, 3.8) is 0 Å². The van der Waals surface area contributed by atoms with Gasteiger partial charge in [0.1, 0.15) is 11.9 Å². The second-order valence-electron chi connectivity index (χ2n) is 6.07. The van der Waals surface area contributed by atoms with E-state index in [2.05, 4.69) is 15.3 Å². The minimum absolute atomic E-state index is 0.0755. The summed E-state index contributed by atoms with van der Waals surface area (Å²) in [6.45, 7) is 2.88. The number of rotatable bonds is 4. The van der Waals surface area contributed by atoms with Crippen LogP contribution in [0.5, 0.6) is 5.75 Å². The average Bonchev–Trinajstić information content (AvgIpc) is 2.59. The summed E-state index contributed by atoms with van der Waals surface area (Å²) < 4.78 is 5.84. The lowest BCUT2D eigenvalue weighted by atomic mass is 10.1. The third-order valence-corrected chi connectivity index (χ3v) is 4.20. The first-order chi connectivity index (χ1) is 12.2. The highest BCUT2D eigenvalue weighted by atomic mass is 16.5. The predicted molar refractivity (Wildman–Crippen MR) is 95.9 cm³/mol. The molecule has 1 fully saturated rings. The number of nitrogens with zero attached hydrogens (tertiary/aromatic N) is 3. The summed E-state index contributed by atoms with van der Waals surface area (Å²) in [5.74, 6) is 1.44. The molecule has 2 aromatic carbocycles. The molecule has 1 aromatic heterocycles. The summed E-state index contributed by atoms with van der Waals surface area (Å²) in [6.07, 6.45) is 1.88. The van der Waals surface area contributed by atoms with Crippen LogP contribution >= 0.6 is 0 Å². The van der Waals surface area contributed by atoms with Gasteiger partial charge in [-0.1, -0.05) is 18.2 Å². The number of hydrogen-bond donors (Lipinski definition) is 1. The lowest BCUT2D eigenvalue weighted by Gasteiger charge is -2.38. The van der Waals surface area contributed by atoms with Crippen molar-refractivity contribution in [1.29, 1.82) is 0 Å². The van der Waals surface area contributed by atoms with Gasteiger partial charge in [-0.3, -0.25) is 4.79 Å². The molecule has 0 aliphatic carbocycles. The minimum Gasteiger partial charge on any atom is -0.487 e. The van der Waals surface area contributed by atoms with Crippen molar-refractivity contribution in [3.05, 3.63) is 54.7 Å². The molecule has 1 N–H and O–H groups in total. The summed E-state index contributed by atoms with van der Waals surface area (Å²) in [7, 11) is 0. The van der Waals surface area contributed by atoms with Gasteiger partial charge in [0, 0.05) is 24.2 Å². The molecule has 0 saturated carbocycles. The SMILES string of the molecule is CC(=O)N1CC(Oc2ccc(Nc3ncc4ccccc4n3)cc2)C1. The maximum atomic E-state index is 11.2. The highest BCUT2D eigenvalue weighted by molar-refractivity contribution is 5.78. The normalized spacial score (nSPS) is 14.2. The molecule has 1 amide bonds. The summed E-state index contributed by atoms with van der Waals surface area (Å²) in [6, 6.07) is 15.5. The Labute approximate surface area is 145 Å². The van der Waals surface area contributed by atoms with E-state index in [1.807, 2.05) is 48.5 Å². The molecular formula is C19H18N4O2. The molecule has 3 aromatic rings. The number of carbonyl (C=O) groups is 1. The van der Waals surface area contributed by atoms with Gasteiger partial charge in [0.15, 0.2) is 0 Å². The summed E-state index contributed by atoms with van der Waals surface area (Å²) in [4.78, 5) is 21.8. The molecule has 0 bridgehead atoms. The van der Waals surface area contributed by atoms with Gasteiger partial charge in [-0.25, -0.2) is 9.97 Å².